The summed E-state index contributed by atoms with van der Waals surface area (Å²) in [5.74, 6) is 0. The van der Waals surface area contributed by atoms with E-state index in [0.717, 1.165) is 19.6 Å². The van der Waals surface area contributed by atoms with Crippen molar-refractivity contribution in [2.24, 2.45) is 0 Å². The largest absolute Gasteiger partial charge is 0.379 e. The molecule has 0 aliphatic heterocycles. The highest BCUT2D eigenvalue weighted by Crippen LogP contribution is 2.29. The molecule has 0 aliphatic carbocycles. The van der Waals surface area contributed by atoms with Gasteiger partial charge < -0.3 is 4.74 Å². The maximum atomic E-state index is 5.69. The SMILES string of the molecule is CC(C)OCCCCCCC[n+]1c(-c2ccccc2)cc(-c2ccccc2)cc1-c1ccccc1. The van der Waals surface area contributed by atoms with Gasteiger partial charge in [0.15, 0.2) is 0 Å². The summed E-state index contributed by atoms with van der Waals surface area (Å²) < 4.78 is 8.22. The average Bonchev–Trinajstić information content (AvgIpc) is 2.91. The van der Waals surface area contributed by atoms with Crippen molar-refractivity contribution >= 4 is 0 Å². The summed E-state index contributed by atoms with van der Waals surface area (Å²) in [5, 5.41) is 0. The predicted molar refractivity (Wildman–Crippen MR) is 147 cm³/mol. The zero-order valence-electron chi connectivity index (χ0n) is 21.2. The summed E-state index contributed by atoms with van der Waals surface area (Å²) in [6.07, 6.45) is 6.38. The molecule has 0 amide bonds. The van der Waals surface area contributed by atoms with E-state index >= 15 is 0 Å². The van der Waals surface area contributed by atoms with Crippen LogP contribution in [0.3, 0.4) is 0 Å². The molecule has 0 aliphatic rings. The van der Waals surface area contributed by atoms with E-state index in [-0.39, 0.29) is 0 Å². The van der Waals surface area contributed by atoms with Gasteiger partial charge in [-0.1, -0.05) is 79.6 Å². The molecule has 2 nitrogen and oxygen atoms in total. The molecule has 180 valence electrons. The van der Waals surface area contributed by atoms with E-state index in [4.69, 9.17) is 4.74 Å². The normalized spacial score (nSPS) is 11.2. The molecule has 4 aromatic rings. The first kappa shape index (κ1) is 24.9. The van der Waals surface area contributed by atoms with Gasteiger partial charge in [-0.2, -0.15) is 4.57 Å². The lowest BCUT2D eigenvalue weighted by molar-refractivity contribution is -0.675. The summed E-state index contributed by atoms with van der Waals surface area (Å²) in [5.41, 5.74) is 7.57. The Hall–Kier alpha value is -3.23. The first-order valence-corrected chi connectivity index (χ1v) is 13.1. The molecular formula is C33H38NO+. The summed E-state index contributed by atoms with van der Waals surface area (Å²) in [4.78, 5) is 0. The molecule has 0 bridgehead atoms. The number of pyridine rings is 1. The molecule has 0 spiro atoms. The Balaban J connectivity index is 1.63. The van der Waals surface area contributed by atoms with E-state index in [1.165, 1.54) is 59.3 Å². The number of benzene rings is 3. The Morgan fingerprint density at radius 3 is 1.51 bits per heavy atom. The molecule has 35 heavy (non-hydrogen) atoms. The van der Waals surface area contributed by atoms with Crippen molar-refractivity contribution < 1.29 is 9.30 Å². The molecule has 0 saturated carbocycles. The third kappa shape index (κ3) is 7.13. The highest BCUT2D eigenvalue weighted by atomic mass is 16.5. The van der Waals surface area contributed by atoms with Crippen molar-refractivity contribution in [3.8, 4) is 33.6 Å². The van der Waals surface area contributed by atoms with Crippen molar-refractivity contribution in [2.45, 2.75) is 58.6 Å². The van der Waals surface area contributed by atoms with E-state index in [1.807, 2.05) is 0 Å². The van der Waals surface area contributed by atoms with E-state index in [2.05, 4.69) is 122 Å². The minimum absolute atomic E-state index is 0.332. The van der Waals surface area contributed by atoms with Crippen LogP contribution in [-0.2, 0) is 11.3 Å². The standard InChI is InChI=1S/C33H38NO/c1-27(2)35-24-16-5-3-4-15-23-34-32(29-19-11-7-12-20-29)25-31(28-17-9-6-10-18-28)26-33(34)30-21-13-8-14-22-30/h6-14,17-22,25-27H,3-5,15-16,23-24H2,1-2H3/q+1. The maximum absolute atomic E-state index is 5.69. The van der Waals surface area contributed by atoms with E-state index in [1.54, 1.807) is 0 Å². The van der Waals surface area contributed by atoms with Crippen molar-refractivity contribution in [2.75, 3.05) is 6.61 Å². The monoisotopic (exact) mass is 464 g/mol. The molecule has 3 aromatic carbocycles. The van der Waals surface area contributed by atoms with Crippen LogP contribution in [0.4, 0.5) is 0 Å². The van der Waals surface area contributed by atoms with E-state index in [9.17, 15) is 0 Å². The second-order valence-electron chi connectivity index (χ2n) is 9.45. The molecule has 1 heterocycles. The van der Waals surface area contributed by atoms with Crippen LogP contribution in [0, 0.1) is 0 Å². The summed E-state index contributed by atoms with van der Waals surface area (Å²) in [6, 6.07) is 37.1. The second-order valence-corrected chi connectivity index (χ2v) is 9.45. The lowest BCUT2D eigenvalue weighted by Gasteiger charge is -2.13. The molecule has 0 N–H and O–H groups in total. The fourth-order valence-electron chi connectivity index (χ4n) is 4.58. The van der Waals surface area contributed by atoms with Crippen LogP contribution in [0.1, 0.15) is 46.0 Å². The van der Waals surface area contributed by atoms with E-state index in [0.29, 0.717) is 6.10 Å². The number of hydrogen-bond acceptors (Lipinski definition) is 1. The van der Waals surface area contributed by atoms with Crippen LogP contribution in [0.5, 0.6) is 0 Å². The van der Waals surface area contributed by atoms with Gasteiger partial charge in [0.25, 0.3) is 0 Å². The van der Waals surface area contributed by atoms with Gasteiger partial charge in [0, 0.05) is 36.3 Å². The minimum Gasteiger partial charge on any atom is -0.379 e. The Morgan fingerprint density at radius 2 is 1.00 bits per heavy atom. The average molecular weight is 465 g/mol. The number of rotatable bonds is 12. The molecule has 0 fully saturated rings. The van der Waals surface area contributed by atoms with Gasteiger partial charge in [-0.25, -0.2) is 0 Å². The van der Waals surface area contributed by atoms with Gasteiger partial charge in [0.1, 0.15) is 6.54 Å². The van der Waals surface area contributed by atoms with Crippen molar-refractivity contribution in [1.82, 2.24) is 0 Å². The zero-order chi connectivity index (χ0) is 24.3. The minimum atomic E-state index is 0.332. The third-order valence-electron chi connectivity index (χ3n) is 6.39. The van der Waals surface area contributed by atoms with Crippen LogP contribution in [0.2, 0.25) is 0 Å². The highest BCUT2D eigenvalue weighted by molar-refractivity contribution is 5.73. The molecule has 2 heteroatoms. The molecule has 0 radical (unpaired) electrons. The molecule has 0 unspecified atom stereocenters. The first-order valence-electron chi connectivity index (χ1n) is 13.1. The molecular weight excluding hydrogens is 426 g/mol. The lowest BCUT2D eigenvalue weighted by atomic mass is 9.98. The number of ether oxygens (including phenoxy) is 1. The van der Waals surface area contributed by atoms with Crippen LogP contribution in [0.25, 0.3) is 33.6 Å². The number of aromatic nitrogens is 1. The van der Waals surface area contributed by atoms with Gasteiger partial charge in [-0.15, -0.1) is 0 Å². The smallest absolute Gasteiger partial charge is 0.213 e. The molecule has 4 rings (SSSR count). The highest BCUT2D eigenvalue weighted by Gasteiger charge is 2.22. The van der Waals surface area contributed by atoms with Crippen LogP contribution >= 0.6 is 0 Å². The van der Waals surface area contributed by atoms with E-state index < -0.39 is 0 Å². The molecule has 1 aromatic heterocycles. The Bertz CT molecular complexity index is 1090. The van der Waals surface area contributed by atoms with Crippen molar-refractivity contribution in [1.29, 1.82) is 0 Å². The van der Waals surface area contributed by atoms with Gasteiger partial charge >= 0.3 is 0 Å². The summed E-state index contributed by atoms with van der Waals surface area (Å²) in [6.45, 7) is 6.10. The Morgan fingerprint density at radius 1 is 0.543 bits per heavy atom. The third-order valence-corrected chi connectivity index (χ3v) is 6.39. The van der Waals surface area contributed by atoms with Gasteiger partial charge in [0.2, 0.25) is 11.4 Å². The number of nitrogens with zero attached hydrogens (tertiary/aromatic N) is 1. The van der Waals surface area contributed by atoms with Crippen LogP contribution in [0.15, 0.2) is 103 Å². The van der Waals surface area contributed by atoms with Gasteiger partial charge in [-0.3, -0.25) is 0 Å². The summed E-state index contributed by atoms with van der Waals surface area (Å²) in [7, 11) is 0. The van der Waals surface area contributed by atoms with Crippen LogP contribution < -0.4 is 4.57 Å². The Kier molecular flexibility index (Phi) is 9.25. The quantitative estimate of drug-likeness (QED) is 0.152. The van der Waals surface area contributed by atoms with Crippen molar-refractivity contribution in [3.05, 3.63) is 103 Å². The lowest BCUT2D eigenvalue weighted by Crippen LogP contribution is -2.39. The predicted octanol–water partition coefficient (Wildman–Crippen LogP) is 8.35. The van der Waals surface area contributed by atoms with Gasteiger partial charge in [-0.05, 0) is 62.1 Å². The first-order chi connectivity index (χ1) is 17.2. The molecule has 0 saturated heterocycles. The fraction of sp³-hybridized carbons (Fsp3) is 0.303. The topological polar surface area (TPSA) is 13.1 Å². The summed E-state index contributed by atoms with van der Waals surface area (Å²) >= 11 is 0. The number of hydrogen-bond donors (Lipinski definition) is 0. The fourth-order valence-corrected chi connectivity index (χ4v) is 4.58. The van der Waals surface area contributed by atoms with Gasteiger partial charge in [0.05, 0.1) is 6.10 Å². The Labute approximate surface area is 211 Å². The molecule has 0 atom stereocenters. The number of unbranched alkanes of at least 4 members (excludes halogenated alkanes) is 4. The van der Waals surface area contributed by atoms with Crippen molar-refractivity contribution in [3.63, 3.8) is 0 Å². The van der Waals surface area contributed by atoms with Crippen LogP contribution in [-0.4, -0.2) is 12.7 Å². The second kappa shape index (κ2) is 13.0. The maximum Gasteiger partial charge on any atom is 0.213 e. The zero-order valence-corrected chi connectivity index (χ0v) is 21.2.